The molecule has 0 spiro atoms. The van der Waals surface area contributed by atoms with E-state index in [2.05, 4.69) is 41.3 Å². The number of guanidine groups is 1. The van der Waals surface area contributed by atoms with Crippen molar-refractivity contribution in [2.75, 3.05) is 26.2 Å². The Morgan fingerprint density at radius 1 is 1.35 bits per heavy atom. The Bertz CT molecular complexity index is 300. The fourth-order valence-corrected chi connectivity index (χ4v) is 2.27. The Hall–Kier alpha value is -0.180. The van der Waals surface area contributed by atoms with Crippen LogP contribution >= 0.6 is 24.0 Å². The molecule has 0 amide bonds. The molecule has 0 aromatic carbocycles. The smallest absolute Gasteiger partial charge is 0.257 e. The van der Waals surface area contributed by atoms with Gasteiger partial charge in [-0.25, -0.2) is 13.8 Å². The van der Waals surface area contributed by atoms with Gasteiger partial charge in [-0.1, -0.05) is 6.92 Å². The van der Waals surface area contributed by atoms with E-state index in [1.165, 1.54) is 0 Å². The van der Waals surface area contributed by atoms with Gasteiger partial charge < -0.3 is 10.6 Å². The molecule has 2 N–H and O–H groups in total. The number of halogens is 3. The van der Waals surface area contributed by atoms with E-state index in [0.29, 0.717) is 24.5 Å². The SMILES string of the molecule is CCNC(=NCC(F)F)NC1CN(C(C)C)CC1C.I. The summed E-state index contributed by atoms with van der Waals surface area (Å²) in [5, 5.41) is 6.29. The van der Waals surface area contributed by atoms with Crippen molar-refractivity contribution < 1.29 is 8.78 Å². The fraction of sp³-hybridized carbons (Fsp3) is 0.923. The quantitative estimate of drug-likeness (QED) is 0.419. The van der Waals surface area contributed by atoms with Crippen LogP contribution in [-0.4, -0.2) is 55.5 Å². The van der Waals surface area contributed by atoms with Crippen LogP contribution in [0.3, 0.4) is 0 Å². The molecule has 1 rings (SSSR count). The average Bonchev–Trinajstić information content (AvgIpc) is 2.68. The Morgan fingerprint density at radius 3 is 2.45 bits per heavy atom. The van der Waals surface area contributed by atoms with E-state index in [1.807, 2.05) is 6.92 Å². The van der Waals surface area contributed by atoms with E-state index in [0.717, 1.165) is 13.1 Å². The number of aliphatic imine (C=N–C) groups is 1. The van der Waals surface area contributed by atoms with Crippen molar-refractivity contribution in [2.24, 2.45) is 10.9 Å². The zero-order chi connectivity index (χ0) is 14.4. The highest BCUT2D eigenvalue weighted by molar-refractivity contribution is 14.0. The van der Waals surface area contributed by atoms with E-state index in [4.69, 9.17) is 0 Å². The number of rotatable bonds is 5. The van der Waals surface area contributed by atoms with Crippen LogP contribution in [0.2, 0.25) is 0 Å². The van der Waals surface area contributed by atoms with Gasteiger partial charge in [-0.05, 0) is 26.7 Å². The summed E-state index contributed by atoms with van der Waals surface area (Å²) in [5.41, 5.74) is 0. The number of nitrogens with one attached hydrogen (secondary N) is 2. The second-order valence-corrected chi connectivity index (χ2v) is 5.39. The number of hydrogen-bond donors (Lipinski definition) is 2. The first-order valence-electron chi connectivity index (χ1n) is 7.01. The fourth-order valence-electron chi connectivity index (χ4n) is 2.27. The van der Waals surface area contributed by atoms with Crippen LogP contribution in [0.25, 0.3) is 0 Å². The van der Waals surface area contributed by atoms with Gasteiger partial charge in [0.2, 0.25) is 0 Å². The summed E-state index contributed by atoms with van der Waals surface area (Å²) in [6, 6.07) is 0.771. The normalized spacial score (nSPS) is 24.1. The van der Waals surface area contributed by atoms with Crippen LogP contribution in [0, 0.1) is 5.92 Å². The third-order valence-corrected chi connectivity index (χ3v) is 3.42. The molecular weight excluding hydrogens is 377 g/mol. The summed E-state index contributed by atoms with van der Waals surface area (Å²) < 4.78 is 24.4. The average molecular weight is 404 g/mol. The lowest BCUT2D eigenvalue weighted by molar-refractivity contribution is 0.158. The summed E-state index contributed by atoms with van der Waals surface area (Å²) in [6.45, 7) is 10.6. The van der Waals surface area contributed by atoms with E-state index in [-0.39, 0.29) is 30.0 Å². The minimum absolute atomic E-state index is 0. The van der Waals surface area contributed by atoms with Gasteiger partial charge in [-0.15, -0.1) is 24.0 Å². The summed E-state index contributed by atoms with van der Waals surface area (Å²) in [7, 11) is 0. The molecule has 1 aliphatic rings. The summed E-state index contributed by atoms with van der Waals surface area (Å²) >= 11 is 0. The maximum atomic E-state index is 12.2. The van der Waals surface area contributed by atoms with Crippen LogP contribution < -0.4 is 10.6 Å². The molecular formula is C13H27F2IN4. The lowest BCUT2D eigenvalue weighted by atomic mass is 10.1. The Labute approximate surface area is 137 Å². The Morgan fingerprint density at radius 2 is 2.00 bits per heavy atom. The van der Waals surface area contributed by atoms with Crippen LogP contribution in [0.1, 0.15) is 27.7 Å². The molecule has 0 bridgehead atoms. The molecule has 0 radical (unpaired) electrons. The largest absolute Gasteiger partial charge is 0.357 e. The molecule has 2 unspecified atom stereocenters. The standard InChI is InChI=1S/C13H26F2N4.HI/c1-5-16-13(17-6-12(14)15)18-11-8-19(9(2)3)7-10(11)4;/h9-12H,5-8H2,1-4H3,(H2,16,17,18);1H. The van der Waals surface area contributed by atoms with Crippen LogP contribution in [0.15, 0.2) is 4.99 Å². The molecule has 20 heavy (non-hydrogen) atoms. The minimum atomic E-state index is -2.40. The molecule has 120 valence electrons. The Balaban J connectivity index is 0.00000361. The second-order valence-electron chi connectivity index (χ2n) is 5.39. The second kappa shape index (κ2) is 9.70. The summed E-state index contributed by atoms with van der Waals surface area (Å²) in [6.07, 6.45) is -2.40. The third kappa shape index (κ3) is 6.51. The monoisotopic (exact) mass is 404 g/mol. The van der Waals surface area contributed by atoms with Gasteiger partial charge in [0.15, 0.2) is 5.96 Å². The van der Waals surface area contributed by atoms with E-state index >= 15 is 0 Å². The number of nitrogens with zero attached hydrogens (tertiary/aromatic N) is 2. The first-order valence-corrected chi connectivity index (χ1v) is 7.01. The molecule has 0 aliphatic carbocycles. The van der Waals surface area contributed by atoms with E-state index in [9.17, 15) is 8.78 Å². The maximum Gasteiger partial charge on any atom is 0.257 e. The third-order valence-electron chi connectivity index (χ3n) is 3.42. The van der Waals surface area contributed by atoms with Crippen molar-refractivity contribution in [3.8, 4) is 0 Å². The predicted octanol–water partition coefficient (Wildman–Crippen LogP) is 2.15. The lowest BCUT2D eigenvalue weighted by Gasteiger charge is -2.21. The van der Waals surface area contributed by atoms with Gasteiger partial charge in [0.1, 0.15) is 6.54 Å². The number of likely N-dealkylation sites (tertiary alicyclic amines) is 1. The molecule has 1 saturated heterocycles. The number of hydrogen-bond acceptors (Lipinski definition) is 2. The van der Waals surface area contributed by atoms with Crippen molar-refractivity contribution in [3.05, 3.63) is 0 Å². The van der Waals surface area contributed by atoms with Crippen molar-refractivity contribution in [1.82, 2.24) is 15.5 Å². The summed E-state index contributed by atoms with van der Waals surface area (Å²) in [4.78, 5) is 6.29. The van der Waals surface area contributed by atoms with Gasteiger partial charge in [-0.3, -0.25) is 4.90 Å². The van der Waals surface area contributed by atoms with Gasteiger partial charge in [0, 0.05) is 31.7 Å². The first-order chi connectivity index (χ1) is 8.93. The predicted molar refractivity (Wildman–Crippen MR) is 90.2 cm³/mol. The maximum absolute atomic E-state index is 12.2. The van der Waals surface area contributed by atoms with Crippen LogP contribution in [0.4, 0.5) is 8.78 Å². The van der Waals surface area contributed by atoms with E-state index in [1.54, 1.807) is 0 Å². The Kier molecular flexibility index (Phi) is 9.61. The van der Waals surface area contributed by atoms with Gasteiger partial charge in [0.25, 0.3) is 6.43 Å². The molecule has 7 heteroatoms. The highest BCUT2D eigenvalue weighted by Crippen LogP contribution is 2.18. The van der Waals surface area contributed by atoms with Crippen LogP contribution in [0.5, 0.6) is 0 Å². The minimum Gasteiger partial charge on any atom is -0.357 e. The molecule has 1 heterocycles. The van der Waals surface area contributed by atoms with Gasteiger partial charge >= 0.3 is 0 Å². The first kappa shape index (κ1) is 19.8. The highest BCUT2D eigenvalue weighted by Gasteiger charge is 2.31. The molecule has 0 saturated carbocycles. The van der Waals surface area contributed by atoms with Crippen LogP contribution in [-0.2, 0) is 0 Å². The zero-order valence-electron chi connectivity index (χ0n) is 12.7. The van der Waals surface area contributed by atoms with Gasteiger partial charge in [0.05, 0.1) is 0 Å². The van der Waals surface area contributed by atoms with Crippen molar-refractivity contribution in [3.63, 3.8) is 0 Å². The van der Waals surface area contributed by atoms with Crippen molar-refractivity contribution in [2.45, 2.75) is 46.2 Å². The molecule has 1 aliphatic heterocycles. The van der Waals surface area contributed by atoms with Crippen molar-refractivity contribution in [1.29, 1.82) is 0 Å². The molecule has 4 nitrogen and oxygen atoms in total. The molecule has 1 fully saturated rings. The van der Waals surface area contributed by atoms with E-state index < -0.39 is 13.0 Å². The summed E-state index contributed by atoms with van der Waals surface area (Å²) in [5.74, 6) is 0.975. The molecule has 0 aromatic heterocycles. The number of alkyl halides is 2. The lowest BCUT2D eigenvalue weighted by Crippen LogP contribution is -2.47. The van der Waals surface area contributed by atoms with Crippen molar-refractivity contribution >= 4 is 29.9 Å². The molecule has 0 aromatic rings. The molecule has 2 atom stereocenters. The topological polar surface area (TPSA) is 39.7 Å². The zero-order valence-corrected chi connectivity index (χ0v) is 15.0. The highest BCUT2D eigenvalue weighted by atomic mass is 127. The van der Waals surface area contributed by atoms with Gasteiger partial charge in [-0.2, -0.15) is 0 Å².